The van der Waals surface area contributed by atoms with Crippen LogP contribution in [0.25, 0.3) is 0 Å². The molecule has 1 rings (SSSR count). The van der Waals surface area contributed by atoms with Crippen LogP contribution in [0.15, 0.2) is 24.5 Å². The Kier molecular flexibility index (Phi) is 4.42. The van der Waals surface area contributed by atoms with Crippen LogP contribution < -0.4 is 5.32 Å². The summed E-state index contributed by atoms with van der Waals surface area (Å²) in [7, 11) is 0. The topological polar surface area (TPSA) is 57.8 Å². The molecule has 0 bridgehead atoms. The molecule has 1 heterocycles. The molecule has 0 spiro atoms. The molecule has 15 heavy (non-hydrogen) atoms. The van der Waals surface area contributed by atoms with Crippen molar-refractivity contribution in [2.45, 2.75) is 19.9 Å². The summed E-state index contributed by atoms with van der Waals surface area (Å²) < 4.78 is 1.98. The summed E-state index contributed by atoms with van der Waals surface area (Å²) in [5.74, 6) is -0.693. The van der Waals surface area contributed by atoms with Crippen LogP contribution in [-0.4, -0.2) is 17.0 Å². The SMILES string of the molecule is CCC(C#N)C(=O)NCCn1cccc1. The van der Waals surface area contributed by atoms with E-state index >= 15 is 0 Å². The van der Waals surface area contributed by atoms with Crippen LogP contribution in [-0.2, 0) is 11.3 Å². The van der Waals surface area contributed by atoms with Crippen molar-refractivity contribution in [1.29, 1.82) is 5.26 Å². The molecule has 1 aromatic heterocycles. The summed E-state index contributed by atoms with van der Waals surface area (Å²) in [6.07, 6.45) is 4.44. The highest BCUT2D eigenvalue weighted by atomic mass is 16.1. The van der Waals surface area contributed by atoms with E-state index in [1.165, 1.54) is 0 Å². The first-order chi connectivity index (χ1) is 7.27. The van der Waals surface area contributed by atoms with Gasteiger partial charge in [0.2, 0.25) is 5.91 Å². The van der Waals surface area contributed by atoms with Crippen molar-refractivity contribution in [1.82, 2.24) is 9.88 Å². The molecule has 0 aliphatic carbocycles. The zero-order valence-electron chi connectivity index (χ0n) is 8.81. The number of aromatic nitrogens is 1. The van der Waals surface area contributed by atoms with Gasteiger partial charge in [-0.05, 0) is 18.6 Å². The molecule has 1 aromatic rings. The van der Waals surface area contributed by atoms with Gasteiger partial charge in [-0.2, -0.15) is 5.26 Å². The average Bonchev–Trinajstić information content (AvgIpc) is 2.72. The first kappa shape index (κ1) is 11.3. The Hall–Kier alpha value is -1.76. The number of nitrogens with one attached hydrogen (secondary N) is 1. The Morgan fingerprint density at radius 2 is 2.20 bits per heavy atom. The van der Waals surface area contributed by atoms with Gasteiger partial charge in [0.1, 0.15) is 5.92 Å². The fourth-order valence-corrected chi connectivity index (χ4v) is 1.29. The van der Waals surface area contributed by atoms with Gasteiger partial charge in [-0.1, -0.05) is 6.92 Å². The van der Waals surface area contributed by atoms with Crippen LogP contribution in [0.5, 0.6) is 0 Å². The number of carbonyl (C=O) groups excluding carboxylic acids is 1. The van der Waals surface area contributed by atoms with Crippen molar-refractivity contribution in [3.63, 3.8) is 0 Å². The molecule has 1 atom stereocenters. The maximum atomic E-state index is 11.4. The second-order valence-electron chi connectivity index (χ2n) is 3.30. The Morgan fingerprint density at radius 3 is 2.73 bits per heavy atom. The van der Waals surface area contributed by atoms with Crippen molar-refractivity contribution in [2.24, 2.45) is 5.92 Å². The van der Waals surface area contributed by atoms with E-state index in [2.05, 4.69) is 5.32 Å². The Labute approximate surface area is 89.5 Å². The number of nitriles is 1. The van der Waals surface area contributed by atoms with Crippen LogP contribution in [0.2, 0.25) is 0 Å². The summed E-state index contributed by atoms with van der Waals surface area (Å²) in [5, 5.41) is 11.4. The number of carbonyl (C=O) groups is 1. The highest BCUT2D eigenvalue weighted by Crippen LogP contribution is 1.99. The van der Waals surface area contributed by atoms with Crippen molar-refractivity contribution in [2.75, 3.05) is 6.54 Å². The summed E-state index contributed by atoms with van der Waals surface area (Å²) in [4.78, 5) is 11.4. The lowest BCUT2D eigenvalue weighted by molar-refractivity contribution is -0.123. The van der Waals surface area contributed by atoms with E-state index in [0.29, 0.717) is 13.0 Å². The predicted octanol–water partition coefficient (Wildman–Crippen LogP) is 1.15. The fourth-order valence-electron chi connectivity index (χ4n) is 1.29. The van der Waals surface area contributed by atoms with Gasteiger partial charge >= 0.3 is 0 Å². The molecule has 80 valence electrons. The van der Waals surface area contributed by atoms with Crippen molar-refractivity contribution in [3.05, 3.63) is 24.5 Å². The first-order valence-corrected chi connectivity index (χ1v) is 5.06. The molecule has 0 aliphatic heterocycles. The van der Waals surface area contributed by atoms with Gasteiger partial charge in [-0.3, -0.25) is 4.79 Å². The molecule has 4 nitrogen and oxygen atoms in total. The van der Waals surface area contributed by atoms with Crippen molar-refractivity contribution in [3.8, 4) is 6.07 Å². The van der Waals surface area contributed by atoms with Gasteiger partial charge in [-0.15, -0.1) is 0 Å². The van der Waals surface area contributed by atoms with Crippen molar-refractivity contribution < 1.29 is 4.79 Å². The van der Waals surface area contributed by atoms with Gasteiger partial charge in [0.25, 0.3) is 0 Å². The van der Waals surface area contributed by atoms with Gasteiger partial charge < -0.3 is 9.88 Å². The molecule has 0 aliphatic rings. The van der Waals surface area contributed by atoms with Gasteiger partial charge in [0.05, 0.1) is 6.07 Å². The summed E-state index contributed by atoms with van der Waals surface area (Å²) in [5.41, 5.74) is 0. The molecule has 0 saturated heterocycles. The Bertz CT molecular complexity index is 337. The highest BCUT2D eigenvalue weighted by molar-refractivity contribution is 5.80. The fraction of sp³-hybridized carbons (Fsp3) is 0.455. The number of rotatable bonds is 5. The minimum Gasteiger partial charge on any atom is -0.353 e. The van der Waals surface area contributed by atoms with E-state index in [1.807, 2.05) is 42.1 Å². The molecule has 1 amide bonds. The third kappa shape index (κ3) is 3.47. The molecular formula is C11H15N3O. The van der Waals surface area contributed by atoms with E-state index in [9.17, 15) is 4.79 Å². The van der Waals surface area contributed by atoms with Crippen LogP contribution in [0, 0.1) is 17.2 Å². The summed E-state index contributed by atoms with van der Waals surface area (Å²) in [6.45, 7) is 3.13. The zero-order valence-corrected chi connectivity index (χ0v) is 8.81. The molecule has 0 aromatic carbocycles. The molecule has 4 heteroatoms. The summed E-state index contributed by atoms with van der Waals surface area (Å²) in [6, 6.07) is 5.85. The standard InChI is InChI=1S/C11H15N3O/c1-2-10(9-12)11(15)13-5-8-14-6-3-4-7-14/h3-4,6-7,10H,2,5,8H2,1H3,(H,13,15). The van der Waals surface area contributed by atoms with Crippen molar-refractivity contribution >= 4 is 5.91 Å². The van der Waals surface area contributed by atoms with E-state index in [1.54, 1.807) is 0 Å². The van der Waals surface area contributed by atoms with Crippen LogP contribution >= 0.6 is 0 Å². The minimum absolute atomic E-state index is 0.174. The molecule has 0 radical (unpaired) electrons. The number of nitrogens with zero attached hydrogens (tertiary/aromatic N) is 2. The maximum absolute atomic E-state index is 11.4. The number of amides is 1. The Balaban J connectivity index is 2.26. The summed E-state index contributed by atoms with van der Waals surface area (Å²) >= 11 is 0. The third-order valence-corrected chi connectivity index (χ3v) is 2.22. The Morgan fingerprint density at radius 1 is 1.53 bits per heavy atom. The monoisotopic (exact) mass is 205 g/mol. The molecular weight excluding hydrogens is 190 g/mol. The molecule has 0 fully saturated rings. The quantitative estimate of drug-likeness (QED) is 0.784. The van der Waals surface area contributed by atoms with Crippen LogP contribution in [0.4, 0.5) is 0 Å². The third-order valence-electron chi connectivity index (χ3n) is 2.22. The second-order valence-corrected chi connectivity index (χ2v) is 3.30. The predicted molar refractivity (Wildman–Crippen MR) is 56.8 cm³/mol. The minimum atomic E-state index is -0.519. The van der Waals surface area contributed by atoms with E-state index in [0.717, 1.165) is 6.54 Å². The smallest absolute Gasteiger partial charge is 0.237 e. The van der Waals surface area contributed by atoms with Crippen LogP contribution in [0.1, 0.15) is 13.3 Å². The highest BCUT2D eigenvalue weighted by Gasteiger charge is 2.13. The van der Waals surface area contributed by atoms with Crippen LogP contribution in [0.3, 0.4) is 0 Å². The van der Waals surface area contributed by atoms with E-state index < -0.39 is 5.92 Å². The first-order valence-electron chi connectivity index (χ1n) is 5.06. The normalized spacial score (nSPS) is 11.7. The second kappa shape index (κ2) is 5.86. The van der Waals surface area contributed by atoms with E-state index in [4.69, 9.17) is 5.26 Å². The zero-order chi connectivity index (χ0) is 11.1. The lowest BCUT2D eigenvalue weighted by Gasteiger charge is -2.08. The number of hydrogen-bond donors (Lipinski definition) is 1. The van der Waals surface area contributed by atoms with Gasteiger partial charge in [0, 0.05) is 25.5 Å². The molecule has 1 N–H and O–H groups in total. The molecule has 0 saturated carbocycles. The lowest BCUT2D eigenvalue weighted by atomic mass is 10.1. The van der Waals surface area contributed by atoms with E-state index in [-0.39, 0.29) is 5.91 Å². The largest absolute Gasteiger partial charge is 0.353 e. The van der Waals surface area contributed by atoms with Gasteiger partial charge in [0.15, 0.2) is 0 Å². The maximum Gasteiger partial charge on any atom is 0.237 e. The lowest BCUT2D eigenvalue weighted by Crippen LogP contribution is -2.32. The number of hydrogen-bond acceptors (Lipinski definition) is 2. The van der Waals surface area contributed by atoms with Gasteiger partial charge in [-0.25, -0.2) is 0 Å². The molecule has 1 unspecified atom stereocenters. The average molecular weight is 205 g/mol.